The SMILES string of the molecule is COc1cccc2c1-c1ncc(Br)n1CO2. The van der Waals surface area contributed by atoms with Gasteiger partial charge in [-0.1, -0.05) is 6.07 Å². The number of nitrogens with zero attached hydrogens (tertiary/aromatic N) is 2. The standard InChI is InChI=1S/C11H9BrN2O2/c1-15-7-3-2-4-8-10(7)11-13-5-9(12)14(11)6-16-8/h2-5H,6H2,1H3. The second-order valence-electron chi connectivity index (χ2n) is 3.44. The van der Waals surface area contributed by atoms with Crippen LogP contribution in [0.4, 0.5) is 0 Å². The number of aromatic nitrogens is 2. The van der Waals surface area contributed by atoms with Crippen molar-refractivity contribution in [3.63, 3.8) is 0 Å². The third kappa shape index (κ3) is 1.24. The number of halogens is 1. The van der Waals surface area contributed by atoms with E-state index in [-0.39, 0.29) is 0 Å². The van der Waals surface area contributed by atoms with Gasteiger partial charge in [-0.25, -0.2) is 4.98 Å². The Morgan fingerprint density at radius 2 is 2.38 bits per heavy atom. The molecule has 2 aromatic rings. The Balaban J connectivity index is 2.29. The summed E-state index contributed by atoms with van der Waals surface area (Å²) < 4.78 is 13.8. The molecule has 1 aromatic carbocycles. The molecule has 0 spiro atoms. The van der Waals surface area contributed by atoms with Gasteiger partial charge in [0.1, 0.15) is 21.7 Å². The number of benzene rings is 1. The molecule has 1 aliphatic heterocycles. The Morgan fingerprint density at radius 1 is 1.50 bits per heavy atom. The molecule has 2 heterocycles. The fourth-order valence-electron chi connectivity index (χ4n) is 1.83. The minimum absolute atomic E-state index is 0.468. The van der Waals surface area contributed by atoms with Crippen LogP contribution in [-0.4, -0.2) is 16.7 Å². The van der Waals surface area contributed by atoms with E-state index in [2.05, 4.69) is 20.9 Å². The lowest BCUT2D eigenvalue weighted by Crippen LogP contribution is -2.13. The van der Waals surface area contributed by atoms with Gasteiger partial charge in [-0.05, 0) is 28.1 Å². The van der Waals surface area contributed by atoms with Crippen molar-refractivity contribution in [2.24, 2.45) is 0 Å². The summed E-state index contributed by atoms with van der Waals surface area (Å²) in [6.07, 6.45) is 1.76. The molecular weight excluding hydrogens is 272 g/mol. The van der Waals surface area contributed by atoms with Crippen LogP contribution in [0.25, 0.3) is 11.4 Å². The predicted octanol–water partition coefficient (Wildman–Crippen LogP) is 2.67. The highest BCUT2D eigenvalue weighted by Crippen LogP contribution is 2.41. The number of rotatable bonds is 1. The average Bonchev–Trinajstić information content (AvgIpc) is 2.70. The molecule has 0 saturated carbocycles. The highest BCUT2D eigenvalue weighted by molar-refractivity contribution is 9.10. The molecule has 0 amide bonds. The first-order valence-electron chi connectivity index (χ1n) is 4.82. The summed E-state index contributed by atoms with van der Waals surface area (Å²) in [6.45, 7) is 0.468. The van der Waals surface area contributed by atoms with E-state index in [4.69, 9.17) is 9.47 Å². The zero-order valence-corrected chi connectivity index (χ0v) is 10.2. The van der Waals surface area contributed by atoms with E-state index < -0.39 is 0 Å². The fraction of sp³-hybridized carbons (Fsp3) is 0.182. The summed E-state index contributed by atoms with van der Waals surface area (Å²) in [7, 11) is 1.65. The van der Waals surface area contributed by atoms with E-state index in [0.29, 0.717) is 6.73 Å². The summed E-state index contributed by atoms with van der Waals surface area (Å²) in [5.74, 6) is 2.45. The highest BCUT2D eigenvalue weighted by atomic mass is 79.9. The van der Waals surface area contributed by atoms with Crippen LogP contribution in [0.15, 0.2) is 29.0 Å². The second kappa shape index (κ2) is 3.52. The number of hydrogen-bond acceptors (Lipinski definition) is 3. The van der Waals surface area contributed by atoms with Crippen LogP contribution in [-0.2, 0) is 6.73 Å². The molecular formula is C11H9BrN2O2. The van der Waals surface area contributed by atoms with E-state index in [1.54, 1.807) is 13.3 Å². The molecule has 82 valence electrons. The van der Waals surface area contributed by atoms with E-state index in [9.17, 15) is 0 Å². The quantitative estimate of drug-likeness (QED) is 0.806. The summed E-state index contributed by atoms with van der Waals surface area (Å²) in [5, 5.41) is 0. The molecule has 16 heavy (non-hydrogen) atoms. The summed E-state index contributed by atoms with van der Waals surface area (Å²) >= 11 is 3.43. The molecule has 0 N–H and O–H groups in total. The van der Waals surface area contributed by atoms with Crippen molar-refractivity contribution < 1.29 is 9.47 Å². The van der Waals surface area contributed by atoms with E-state index >= 15 is 0 Å². The zero-order valence-electron chi connectivity index (χ0n) is 8.61. The summed E-state index contributed by atoms with van der Waals surface area (Å²) in [5.41, 5.74) is 0.905. The van der Waals surface area contributed by atoms with Gasteiger partial charge in [0.05, 0.1) is 13.3 Å². The van der Waals surface area contributed by atoms with Gasteiger partial charge < -0.3 is 9.47 Å². The van der Waals surface area contributed by atoms with Gasteiger partial charge >= 0.3 is 0 Å². The fourth-order valence-corrected chi connectivity index (χ4v) is 2.21. The van der Waals surface area contributed by atoms with E-state index in [1.165, 1.54) is 0 Å². The van der Waals surface area contributed by atoms with Crippen molar-refractivity contribution >= 4 is 15.9 Å². The first kappa shape index (κ1) is 9.72. The molecule has 4 nitrogen and oxygen atoms in total. The number of ether oxygens (including phenoxy) is 2. The van der Waals surface area contributed by atoms with Crippen LogP contribution in [0.2, 0.25) is 0 Å². The van der Waals surface area contributed by atoms with Crippen LogP contribution >= 0.6 is 15.9 Å². The number of fused-ring (bicyclic) bond motifs is 3. The Morgan fingerprint density at radius 3 is 3.19 bits per heavy atom. The maximum absolute atomic E-state index is 5.64. The third-order valence-electron chi connectivity index (χ3n) is 2.59. The van der Waals surface area contributed by atoms with Crippen molar-refractivity contribution in [2.45, 2.75) is 6.73 Å². The Kier molecular flexibility index (Phi) is 2.14. The lowest BCUT2D eigenvalue weighted by atomic mass is 10.1. The van der Waals surface area contributed by atoms with Gasteiger partial charge in [-0.3, -0.25) is 4.57 Å². The predicted molar refractivity (Wildman–Crippen MR) is 62.5 cm³/mol. The number of methoxy groups -OCH3 is 1. The van der Waals surface area contributed by atoms with Gasteiger partial charge in [0.25, 0.3) is 0 Å². The van der Waals surface area contributed by atoms with Crippen LogP contribution in [0.5, 0.6) is 11.5 Å². The molecule has 5 heteroatoms. The molecule has 0 radical (unpaired) electrons. The normalized spacial score (nSPS) is 12.6. The van der Waals surface area contributed by atoms with Crippen LogP contribution in [0.1, 0.15) is 0 Å². The molecule has 1 aliphatic rings. The third-order valence-corrected chi connectivity index (χ3v) is 3.22. The van der Waals surface area contributed by atoms with E-state index in [0.717, 1.165) is 27.5 Å². The molecule has 0 bridgehead atoms. The summed E-state index contributed by atoms with van der Waals surface area (Å²) in [6, 6.07) is 5.73. The molecule has 0 aliphatic carbocycles. The maximum atomic E-state index is 5.64. The number of imidazole rings is 1. The Bertz CT molecular complexity index is 537. The monoisotopic (exact) mass is 280 g/mol. The van der Waals surface area contributed by atoms with Crippen molar-refractivity contribution in [3.05, 3.63) is 29.0 Å². The smallest absolute Gasteiger partial charge is 0.167 e. The summed E-state index contributed by atoms with van der Waals surface area (Å²) in [4.78, 5) is 4.36. The minimum Gasteiger partial charge on any atom is -0.496 e. The van der Waals surface area contributed by atoms with Crippen molar-refractivity contribution in [2.75, 3.05) is 7.11 Å². The first-order valence-corrected chi connectivity index (χ1v) is 5.62. The lowest BCUT2D eigenvalue weighted by molar-refractivity contribution is 0.225. The minimum atomic E-state index is 0.468. The van der Waals surface area contributed by atoms with Crippen molar-refractivity contribution in [1.82, 2.24) is 9.55 Å². The Labute approximate surface area is 101 Å². The van der Waals surface area contributed by atoms with Gasteiger partial charge in [-0.15, -0.1) is 0 Å². The molecule has 3 rings (SSSR count). The van der Waals surface area contributed by atoms with Gasteiger partial charge in [-0.2, -0.15) is 0 Å². The van der Waals surface area contributed by atoms with Crippen LogP contribution in [0.3, 0.4) is 0 Å². The topological polar surface area (TPSA) is 36.3 Å². The maximum Gasteiger partial charge on any atom is 0.167 e. The molecule has 0 unspecified atom stereocenters. The van der Waals surface area contributed by atoms with Gasteiger partial charge in [0, 0.05) is 0 Å². The lowest BCUT2D eigenvalue weighted by Gasteiger charge is -2.21. The zero-order chi connectivity index (χ0) is 11.1. The average molecular weight is 281 g/mol. The van der Waals surface area contributed by atoms with Gasteiger partial charge in [0.15, 0.2) is 12.6 Å². The Hall–Kier alpha value is -1.49. The van der Waals surface area contributed by atoms with E-state index in [1.807, 2.05) is 22.8 Å². The van der Waals surface area contributed by atoms with Crippen molar-refractivity contribution in [3.8, 4) is 22.9 Å². The first-order chi connectivity index (χ1) is 7.81. The largest absolute Gasteiger partial charge is 0.496 e. The number of hydrogen-bond donors (Lipinski definition) is 0. The highest BCUT2D eigenvalue weighted by Gasteiger charge is 2.23. The van der Waals surface area contributed by atoms with Crippen LogP contribution in [0, 0.1) is 0 Å². The molecule has 0 atom stereocenters. The molecule has 0 fully saturated rings. The van der Waals surface area contributed by atoms with Crippen molar-refractivity contribution in [1.29, 1.82) is 0 Å². The molecule has 1 aromatic heterocycles. The van der Waals surface area contributed by atoms with Crippen LogP contribution < -0.4 is 9.47 Å². The van der Waals surface area contributed by atoms with Gasteiger partial charge in [0.2, 0.25) is 0 Å². The second-order valence-corrected chi connectivity index (χ2v) is 4.25. The molecule has 0 saturated heterocycles.